The highest BCUT2D eigenvalue weighted by Crippen LogP contribution is 2.22. The molecule has 1 aromatic carbocycles. The molecular formula is C14H22BrNO. The average Bonchev–Trinajstić information content (AvgIpc) is 2.25. The van der Waals surface area contributed by atoms with E-state index < -0.39 is 0 Å². The van der Waals surface area contributed by atoms with E-state index in [-0.39, 0.29) is 0 Å². The molecule has 1 aromatic rings. The summed E-state index contributed by atoms with van der Waals surface area (Å²) < 4.78 is 6.35. The van der Waals surface area contributed by atoms with Crippen molar-refractivity contribution in [3.8, 4) is 5.75 Å². The molecule has 0 radical (unpaired) electrons. The molecule has 96 valence electrons. The molecule has 0 bridgehead atoms. The molecule has 1 N–H and O–H groups in total. The van der Waals surface area contributed by atoms with Gasteiger partial charge in [-0.1, -0.05) is 36.7 Å². The Labute approximate surface area is 113 Å². The Hall–Kier alpha value is -0.540. The van der Waals surface area contributed by atoms with Crippen LogP contribution in [0.1, 0.15) is 32.8 Å². The van der Waals surface area contributed by atoms with Crippen LogP contribution in [0.2, 0.25) is 0 Å². The van der Waals surface area contributed by atoms with Crippen LogP contribution in [0.25, 0.3) is 0 Å². The lowest BCUT2D eigenvalue weighted by molar-refractivity contribution is 0.366. The fourth-order valence-electron chi connectivity index (χ4n) is 1.50. The normalized spacial score (nSPS) is 11.6. The van der Waals surface area contributed by atoms with E-state index >= 15 is 0 Å². The van der Waals surface area contributed by atoms with Crippen molar-refractivity contribution in [3.63, 3.8) is 0 Å². The minimum Gasteiger partial charge on any atom is -0.497 e. The van der Waals surface area contributed by atoms with Gasteiger partial charge in [-0.05, 0) is 42.1 Å². The fraction of sp³-hybridized carbons (Fsp3) is 0.571. The number of nitrogens with one attached hydrogen (secondary N) is 1. The van der Waals surface area contributed by atoms with E-state index in [0.717, 1.165) is 23.3 Å². The predicted molar refractivity (Wildman–Crippen MR) is 76.5 cm³/mol. The molecule has 3 heteroatoms. The lowest BCUT2D eigenvalue weighted by Gasteiger charge is -2.18. The SMILES string of the molecule is COc1ccc(Br)c(CNCCC(C)(C)C)c1. The monoisotopic (exact) mass is 299 g/mol. The third kappa shape index (κ3) is 5.55. The number of ether oxygens (including phenoxy) is 1. The van der Waals surface area contributed by atoms with Crippen LogP contribution in [-0.2, 0) is 6.54 Å². The van der Waals surface area contributed by atoms with Gasteiger partial charge in [-0.25, -0.2) is 0 Å². The Kier molecular flexibility index (Phi) is 5.47. The van der Waals surface area contributed by atoms with Gasteiger partial charge in [0, 0.05) is 11.0 Å². The number of hydrogen-bond acceptors (Lipinski definition) is 2. The predicted octanol–water partition coefficient (Wildman–Crippen LogP) is 3.98. The minimum absolute atomic E-state index is 0.388. The summed E-state index contributed by atoms with van der Waals surface area (Å²) in [4.78, 5) is 0. The molecule has 0 aliphatic rings. The van der Waals surface area contributed by atoms with Crippen molar-refractivity contribution < 1.29 is 4.74 Å². The van der Waals surface area contributed by atoms with E-state index in [2.05, 4.69) is 48.1 Å². The summed E-state index contributed by atoms with van der Waals surface area (Å²) in [6, 6.07) is 6.05. The van der Waals surface area contributed by atoms with Crippen LogP contribution in [0.15, 0.2) is 22.7 Å². The second-order valence-corrected chi connectivity index (χ2v) is 6.30. The van der Waals surface area contributed by atoms with Crippen molar-refractivity contribution in [2.75, 3.05) is 13.7 Å². The van der Waals surface area contributed by atoms with Gasteiger partial charge in [-0.15, -0.1) is 0 Å². The molecule has 0 aromatic heterocycles. The van der Waals surface area contributed by atoms with E-state index in [1.165, 1.54) is 12.0 Å². The van der Waals surface area contributed by atoms with Gasteiger partial charge >= 0.3 is 0 Å². The van der Waals surface area contributed by atoms with Gasteiger partial charge in [0.1, 0.15) is 5.75 Å². The number of rotatable bonds is 5. The highest BCUT2D eigenvalue weighted by atomic mass is 79.9. The molecule has 0 unspecified atom stereocenters. The van der Waals surface area contributed by atoms with Gasteiger partial charge in [0.05, 0.1) is 7.11 Å². The van der Waals surface area contributed by atoms with Crippen LogP contribution >= 0.6 is 15.9 Å². The zero-order chi connectivity index (χ0) is 12.9. The largest absolute Gasteiger partial charge is 0.497 e. The molecular weight excluding hydrogens is 278 g/mol. The van der Waals surface area contributed by atoms with Crippen molar-refractivity contribution in [2.24, 2.45) is 5.41 Å². The summed E-state index contributed by atoms with van der Waals surface area (Å²) in [5, 5.41) is 3.46. The molecule has 0 amide bonds. The van der Waals surface area contributed by atoms with Crippen molar-refractivity contribution in [1.29, 1.82) is 0 Å². The van der Waals surface area contributed by atoms with E-state index in [4.69, 9.17) is 4.74 Å². The fourth-order valence-corrected chi connectivity index (χ4v) is 1.89. The zero-order valence-electron chi connectivity index (χ0n) is 11.1. The van der Waals surface area contributed by atoms with Crippen LogP contribution < -0.4 is 10.1 Å². The summed E-state index contributed by atoms with van der Waals surface area (Å²) in [5.74, 6) is 0.904. The van der Waals surface area contributed by atoms with Crippen LogP contribution in [-0.4, -0.2) is 13.7 Å². The second kappa shape index (κ2) is 6.41. The topological polar surface area (TPSA) is 21.3 Å². The molecule has 0 spiro atoms. The van der Waals surface area contributed by atoms with Crippen molar-refractivity contribution in [1.82, 2.24) is 5.32 Å². The molecule has 0 saturated heterocycles. The van der Waals surface area contributed by atoms with Crippen molar-refractivity contribution >= 4 is 15.9 Å². The third-order valence-corrected chi connectivity index (χ3v) is 3.39. The van der Waals surface area contributed by atoms with E-state index in [1.807, 2.05) is 12.1 Å². The number of methoxy groups -OCH3 is 1. The number of hydrogen-bond donors (Lipinski definition) is 1. The first kappa shape index (κ1) is 14.5. The third-order valence-electron chi connectivity index (χ3n) is 2.62. The molecule has 17 heavy (non-hydrogen) atoms. The van der Waals surface area contributed by atoms with Crippen LogP contribution in [0.3, 0.4) is 0 Å². The Bertz CT molecular complexity index is 358. The summed E-state index contributed by atoms with van der Waals surface area (Å²) in [6.07, 6.45) is 1.18. The van der Waals surface area contributed by atoms with E-state index in [1.54, 1.807) is 7.11 Å². The van der Waals surface area contributed by atoms with E-state index in [0.29, 0.717) is 5.41 Å². The Morgan fingerprint density at radius 1 is 1.29 bits per heavy atom. The summed E-state index contributed by atoms with van der Waals surface area (Å²) in [5.41, 5.74) is 1.62. The van der Waals surface area contributed by atoms with E-state index in [9.17, 15) is 0 Å². The molecule has 0 aliphatic carbocycles. The smallest absolute Gasteiger partial charge is 0.119 e. The Morgan fingerprint density at radius 3 is 2.59 bits per heavy atom. The van der Waals surface area contributed by atoms with Gasteiger partial charge in [0.25, 0.3) is 0 Å². The number of benzene rings is 1. The van der Waals surface area contributed by atoms with Gasteiger partial charge < -0.3 is 10.1 Å². The first-order chi connectivity index (χ1) is 7.92. The molecule has 2 nitrogen and oxygen atoms in total. The van der Waals surface area contributed by atoms with Crippen LogP contribution in [0.5, 0.6) is 5.75 Å². The molecule has 1 rings (SSSR count). The first-order valence-electron chi connectivity index (χ1n) is 5.95. The average molecular weight is 300 g/mol. The molecule has 0 saturated carbocycles. The van der Waals surface area contributed by atoms with Crippen molar-refractivity contribution in [2.45, 2.75) is 33.7 Å². The molecule has 0 heterocycles. The maximum absolute atomic E-state index is 5.22. The second-order valence-electron chi connectivity index (χ2n) is 5.44. The summed E-state index contributed by atoms with van der Waals surface area (Å²) in [6.45, 7) is 8.68. The van der Waals surface area contributed by atoms with Gasteiger partial charge in [-0.3, -0.25) is 0 Å². The lowest BCUT2D eigenvalue weighted by atomic mass is 9.92. The maximum Gasteiger partial charge on any atom is 0.119 e. The molecule has 0 atom stereocenters. The Morgan fingerprint density at radius 2 is 2.00 bits per heavy atom. The Balaban J connectivity index is 2.46. The molecule has 0 aliphatic heterocycles. The zero-order valence-corrected chi connectivity index (χ0v) is 12.7. The minimum atomic E-state index is 0.388. The summed E-state index contributed by atoms with van der Waals surface area (Å²) in [7, 11) is 1.69. The standard InChI is InChI=1S/C14H22BrNO/c1-14(2,3)7-8-16-10-11-9-12(17-4)5-6-13(11)15/h5-6,9,16H,7-8,10H2,1-4H3. The van der Waals surface area contributed by atoms with Crippen LogP contribution in [0, 0.1) is 5.41 Å². The highest BCUT2D eigenvalue weighted by molar-refractivity contribution is 9.10. The van der Waals surface area contributed by atoms with Crippen LogP contribution in [0.4, 0.5) is 0 Å². The van der Waals surface area contributed by atoms with Gasteiger partial charge in [0.15, 0.2) is 0 Å². The number of halogens is 1. The lowest BCUT2D eigenvalue weighted by Crippen LogP contribution is -2.20. The van der Waals surface area contributed by atoms with Gasteiger partial charge in [0.2, 0.25) is 0 Å². The highest BCUT2D eigenvalue weighted by Gasteiger charge is 2.09. The maximum atomic E-state index is 5.22. The first-order valence-corrected chi connectivity index (χ1v) is 6.75. The molecule has 0 fully saturated rings. The summed E-state index contributed by atoms with van der Waals surface area (Å²) >= 11 is 3.56. The van der Waals surface area contributed by atoms with Crippen molar-refractivity contribution in [3.05, 3.63) is 28.2 Å². The quantitative estimate of drug-likeness (QED) is 0.830. The van der Waals surface area contributed by atoms with Gasteiger partial charge in [-0.2, -0.15) is 0 Å².